The minimum atomic E-state index is 0.217. The third-order valence-electron chi connectivity index (χ3n) is 2.88. The normalized spacial score (nSPS) is 31.4. The molecule has 0 bridgehead atoms. The van der Waals surface area contributed by atoms with Gasteiger partial charge in [-0.2, -0.15) is 5.10 Å². The molecule has 4 heteroatoms. The van der Waals surface area contributed by atoms with Gasteiger partial charge in [0.05, 0.1) is 0 Å². The highest BCUT2D eigenvalue weighted by Gasteiger charge is 2.25. The van der Waals surface area contributed by atoms with Crippen molar-refractivity contribution in [2.75, 3.05) is 0 Å². The van der Waals surface area contributed by atoms with Crippen molar-refractivity contribution in [1.29, 1.82) is 0 Å². The average Bonchev–Trinajstić information content (AvgIpc) is 2.08. The molecular weight excluding hydrogens is 206 g/mol. The maximum absolute atomic E-state index is 5.29. The summed E-state index contributed by atoms with van der Waals surface area (Å²) in [4.78, 5) is 0. The summed E-state index contributed by atoms with van der Waals surface area (Å²) in [6.07, 6.45) is 5.39. The predicted molar refractivity (Wildman–Crippen MR) is 68.6 cm³/mol. The lowest BCUT2D eigenvalue weighted by Gasteiger charge is -2.29. The first-order valence-corrected chi connectivity index (χ1v) is 5.67. The molecular formula is C11H19N3S. The smallest absolute Gasteiger partial charge is 0.184 e. The van der Waals surface area contributed by atoms with E-state index < -0.39 is 0 Å². The second-order valence-electron chi connectivity index (χ2n) is 4.39. The van der Waals surface area contributed by atoms with Crippen LogP contribution in [0.4, 0.5) is 0 Å². The van der Waals surface area contributed by atoms with Gasteiger partial charge in [0.25, 0.3) is 0 Å². The molecule has 0 saturated heterocycles. The molecule has 0 aromatic rings. The topological polar surface area (TPSA) is 50.4 Å². The van der Waals surface area contributed by atoms with E-state index in [9.17, 15) is 0 Å². The van der Waals surface area contributed by atoms with Crippen molar-refractivity contribution >= 4 is 23.5 Å². The second-order valence-corrected chi connectivity index (χ2v) is 4.82. The van der Waals surface area contributed by atoms with Gasteiger partial charge in [-0.1, -0.05) is 25.5 Å². The summed E-state index contributed by atoms with van der Waals surface area (Å²) in [7, 11) is 0. The van der Waals surface area contributed by atoms with Crippen LogP contribution in [-0.4, -0.2) is 11.3 Å². The van der Waals surface area contributed by atoms with E-state index in [0.717, 1.165) is 6.42 Å². The zero-order valence-electron chi connectivity index (χ0n) is 9.53. The number of nitrogens with zero attached hydrogens (tertiary/aromatic N) is 1. The number of hydrogen-bond donors (Lipinski definition) is 2. The van der Waals surface area contributed by atoms with Crippen LogP contribution in [0.1, 0.15) is 27.2 Å². The Balaban J connectivity index is 2.61. The fraction of sp³-hybridized carbons (Fsp3) is 0.636. The zero-order valence-corrected chi connectivity index (χ0v) is 10.3. The van der Waals surface area contributed by atoms with Crippen LogP contribution in [0.2, 0.25) is 0 Å². The first-order chi connectivity index (χ1) is 7.00. The molecule has 1 aliphatic rings. The van der Waals surface area contributed by atoms with E-state index in [0.29, 0.717) is 17.8 Å². The molecule has 0 aliphatic heterocycles. The Bertz CT molecular complexity index is 296. The van der Waals surface area contributed by atoms with Crippen molar-refractivity contribution < 1.29 is 0 Å². The van der Waals surface area contributed by atoms with E-state index in [1.54, 1.807) is 0 Å². The largest absolute Gasteiger partial charge is 0.375 e. The van der Waals surface area contributed by atoms with Crippen molar-refractivity contribution in [3.05, 3.63) is 11.6 Å². The summed E-state index contributed by atoms with van der Waals surface area (Å²) in [5.74, 6) is 1.63. The van der Waals surface area contributed by atoms with Crippen LogP contribution in [0.25, 0.3) is 0 Å². The Morgan fingerprint density at radius 1 is 1.67 bits per heavy atom. The number of allylic oxidation sites excluding steroid dienone is 2. The predicted octanol–water partition coefficient (Wildman–Crippen LogP) is 2.04. The van der Waals surface area contributed by atoms with Gasteiger partial charge >= 0.3 is 0 Å². The van der Waals surface area contributed by atoms with Gasteiger partial charge in [-0.25, -0.2) is 0 Å². The SMILES string of the molecule is CC1=CC(C)C(/C=N/NC(N)=S)C(C)C1. The third-order valence-corrected chi connectivity index (χ3v) is 2.97. The Morgan fingerprint density at radius 3 is 2.87 bits per heavy atom. The quantitative estimate of drug-likeness (QED) is 0.327. The number of hydrogen-bond acceptors (Lipinski definition) is 2. The molecule has 0 heterocycles. The first-order valence-electron chi connectivity index (χ1n) is 5.26. The Morgan fingerprint density at radius 2 is 2.33 bits per heavy atom. The minimum Gasteiger partial charge on any atom is -0.375 e. The molecule has 0 saturated carbocycles. The van der Waals surface area contributed by atoms with Gasteiger partial charge in [-0.05, 0) is 37.4 Å². The number of hydrazone groups is 1. The highest BCUT2D eigenvalue weighted by atomic mass is 32.1. The van der Waals surface area contributed by atoms with Crippen LogP contribution in [0.3, 0.4) is 0 Å². The van der Waals surface area contributed by atoms with E-state index in [4.69, 9.17) is 5.73 Å². The molecule has 3 atom stereocenters. The van der Waals surface area contributed by atoms with E-state index in [2.05, 4.69) is 49.6 Å². The fourth-order valence-electron chi connectivity index (χ4n) is 2.26. The molecule has 0 aromatic carbocycles. The Hall–Kier alpha value is -0.900. The van der Waals surface area contributed by atoms with Crippen molar-refractivity contribution in [2.45, 2.75) is 27.2 Å². The van der Waals surface area contributed by atoms with E-state index >= 15 is 0 Å². The van der Waals surface area contributed by atoms with Gasteiger partial charge in [0, 0.05) is 12.1 Å². The number of nitrogens with two attached hydrogens (primary N) is 1. The van der Waals surface area contributed by atoms with Gasteiger partial charge in [0.2, 0.25) is 0 Å². The van der Waals surface area contributed by atoms with Crippen molar-refractivity contribution in [1.82, 2.24) is 5.43 Å². The molecule has 3 nitrogen and oxygen atoms in total. The van der Waals surface area contributed by atoms with Gasteiger partial charge in [-0.3, -0.25) is 5.43 Å². The number of thiocarbonyl (C=S) groups is 1. The summed E-state index contributed by atoms with van der Waals surface area (Å²) in [5.41, 5.74) is 9.37. The highest BCUT2D eigenvalue weighted by Crippen LogP contribution is 2.31. The van der Waals surface area contributed by atoms with E-state index in [1.807, 2.05) is 6.21 Å². The van der Waals surface area contributed by atoms with E-state index in [1.165, 1.54) is 5.57 Å². The number of nitrogens with one attached hydrogen (secondary N) is 1. The third kappa shape index (κ3) is 3.63. The summed E-state index contributed by atoms with van der Waals surface area (Å²) in [6, 6.07) is 0. The second kappa shape index (κ2) is 5.26. The van der Waals surface area contributed by atoms with Crippen LogP contribution in [0.5, 0.6) is 0 Å². The van der Waals surface area contributed by atoms with Gasteiger partial charge in [0.1, 0.15) is 0 Å². The Labute approximate surface area is 96.8 Å². The molecule has 0 spiro atoms. The first kappa shape index (κ1) is 12.2. The van der Waals surface area contributed by atoms with Crippen molar-refractivity contribution in [3.8, 4) is 0 Å². The van der Waals surface area contributed by atoms with Crippen molar-refractivity contribution in [2.24, 2.45) is 28.6 Å². The summed E-state index contributed by atoms with van der Waals surface area (Å²) in [6.45, 7) is 6.66. The summed E-state index contributed by atoms with van der Waals surface area (Å²) in [5, 5.41) is 4.27. The van der Waals surface area contributed by atoms with Gasteiger partial charge in [-0.15, -0.1) is 0 Å². The Kier molecular flexibility index (Phi) is 4.27. The maximum Gasteiger partial charge on any atom is 0.184 e. The molecule has 0 aromatic heterocycles. The standard InChI is InChI=1S/C11H19N3S/c1-7-4-8(2)10(9(3)5-7)6-13-14-11(12)15/h4,6,8-10H,5H2,1-3H3,(H3,12,14,15)/b13-6+. The molecule has 0 fully saturated rings. The van der Waals surface area contributed by atoms with Crippen LogP contribution in [0, 0.1) is 17.8 Å². The van der Waals surface area contributed by atoms with E-state index in [-0.39, 0.29) is 5.11 Å². The van der Waals surface area contributed by atoms with Crippen LogP contribution >= 0.6 is 12.2 Å². The molecule has 1 aliphatic carbocycles. The molecule has 0 amide bonds. The number of rotatable bonds is 2. The lowest BCUT2D eigenvalue weighted by molar-refractivity contribution is 0.362. The average molecular weight is 225 g/mol. The molecule has 3 N–H and O–H groups in total. The summed E-state index contributed by atoms with van der Waals surface area (Å²) >= 11 is 4.68. The molecule has 15 heavy (non-hydrogen) atoms. The van der Waals surface area contributed by atoms with Crippen LogP contribution in [0.15, 0.2) is 16.8 Å². The lowest BCUT2D eigenvalue weighted by atomic mass is 9.76. The fourth-order valence-corrected chi connectivity index (χ4v) is 2.31. The molecule has 1 rings (SSSR count). The summed E-state index contributed by atoms with van der Waals surface area (Å²) < 4.78 is 0. The lowest BCUT2D eigenvalue weighted by Crippen LogP contribution is -2.28. The van der Waals surface area contributed by atoms with Crippen LogP contribution < -0.4 is 11.2 Å². The zero-order chi connectivity index (χ0) is 11.4. The molecule has 0 radical (unpaired) electrons. The monoisotopic (exact) mass is 225 g/mol. The highest BCUT2D eigenvalue weighted by molar-refractivity contribution is 7.80. The van der Waals surface area contributed by atoms with Gasteiger partial charge in [0.15, 0.2) is 5.11 Å². The van der Waals surface area contributed by atoms with Crippen LogP contribution in [-0.2, 0) is 0 Å². The molecule has 3 unspecified atom stereocenters. The van der Waals surface area contributed by atoms with Crippen molar-refractivity contribution in [3.63, 3.8) is 0 Å². The van der Waals surface area contributed by atoms with Gasteiger partial charge < -0.3 is 5.73 Å². The maximum atomic E-state index is 5.29. The minimum absolute atomic E-state index is 0.217. The molecule has 84 valence electrons.